The number of alkyl carbamates (subject to hydrolysis) is 1. The molecule has 8 nitrogen and oxygen atoms in total. The van der Waals surface area contributed by atoms with Gasteiger partial charge in [-0.15, -0.1) is 0 Å². The molecule has 174 valence electrons. The fourth-order valence-electron chi connectivity index (χ4n) is 4.64. The molecule has 2 amide bonds. The number of amides is 2. The lowest BCUT2D eigenvalue weighted by Crippen LogP contribution is -2.56. The maximum Gasteiger partial charge on any atom is 0.408 e. The van der Waals surface area contributed by atoms with Crippen LogP contribution in [0, 0.1) is 0 Å². The van der Waals surface area contributed by atoms with Gasteiger partial charge in [-0.05, 0) is 31.9 Å². The Morgan fingerprint density at radius 2 is 1.94 bits per heavy atom. The number of ketones is 1. The van der Waals surface area contributed by atoms with Gasteiger partial charge in [0.25, 0.3) is 0 Å². The van der Waals surface area contributed by atoms with Gasteiger partial charge in [0.1, 0.15) is 12.1 Å². The average molecular weight is 459 g/mol. The Hall–Kier alpha value is -3.94. The number of rotatable bonds is 4. The Labute approximate surface area is 197 Å². The molecule has 0 spiro atoms. The maximum atomic E-state index is 13.3. The zero-order chi connectivity index (χ0) is 23.9. The minimum atomic E-state index is -1.14. The quantitative estimate of drug-likeness (QED) is 0.621. The monoisotopic (exact) mass is 458 g/mol. The lowest BCUT2D eigenvalue weighted by atomic mass is 9.92. The van der Waals surface area contributed by atoms with Gasteiger partial charge in [0.2, 0.25) is 5.91 Å². The van der Waals surface area contributed by atoms with Crippen molar-refractivity contribution in [2.45, 2.75) is 39.0 Å². The molecule has 0 radical (unpaired) electrons. The van der Waals surface area contributed by atoms with Gasteiger partial charge >= 0.3 is 6.09 Å². The molecule has 0 fully saturated rings. The number of fused-ring (bicyclic) bond motifs is 2. The van der Waals surface area contributed by atoms with E-state index in [2.05, 4.69) is 10.6 Å². The van der Waals surface area contributed by atoms with E-state index in [0.717, 1.165) is 33.4 Å². The summed E-state index contributed by atoms with van der Waals surface area (Å²) in [7, 11) is 0. The van der Waals surface area contributed by atoms with Gasteiger partial charge in [-0.2, -0.15) is 0 Å². The number of carbonyl (C=O) groups excluding carboxylic acids is 3. The van der Waals surface area contributed by atoms with Crippen LogP contribution in [-0.4, -0.2) is 46.3 Å². The molecule has 3 aromatic rings. The van der Waals surface area contributed by atoms with Crippen molar-refractivity contribution in [3.63, 3.8) is 0 Å². The van der Waals surface area contributed by atoms with E-state index < -0.39 is 11.6 Å². The highest BCUT2D eigenvalue weighted by atomic mass is 16.5. The van der Waals surface area contributed by atoms with Crippen LogP contribution in [-0.2, 0) is 29.1 Å². The molecule has 0 bridgehead atoms. The van der Waals surface area contributed by atoms with Crippen LogP contribution in [0.3, 0.4) is 0 Å². The summed E-state index contributed by atoms with van der Waals surface area (Å²) < 4.78 is 5.29. The Bertz CT molecular complexity index is 1300. The fraction of sp³-hybridized carbons (Fsp3) is 0.308. The molecule has 2 aliphatic rings. The van der Waals surface area contributed by atoms with E-state index >= 15 is 0 Å². The lowest BCUT2D eigenvalue weighted by molar-refractivity contribution is -0.138. The Morgan fingerprint density at radius 1 is 1.15 bits per heavy atom. The number of ether oxygens (including phenoxy) is 1. The van der Waals surface area contributed by atoms with Crippen molar-refractivity contribution in [1.29, 1.82) is 0 Å². The summed E-state index contributed by atoms with van der Waals surface area (Å²) in [5.41, 5.74) is 3.96. The molecule has 8 heteroatoms. The third kappa shape index (κ3) is 3.96. The van der Waals surface area contributed by atoms with Crippen LogP contribution in [0.25, 0.3) is 10.9 Å². The second kappa shape index (κ2) is 8.44. The van der Waals surface area contributed by atoms with Crippen molar-refractivity contribution in [2.75, 3.05) is 18.4 Å². The summed E-state index contributed by atoms with van der Waals surface area (Å²) in [5.74, 6) is -0.151. The molecule has 0 atom stereocenters. The van der Waals surface area contributed by atoms with Crippen molar-refractivity contribution in [2.24, 2.45) is 0 Å². The first-order valence-electron chi connectivity index (χ1n) is 11.3. The number of benzene rings is 2. The van der Waals surface area contributed by atoms with Gasteiger partial charge in [-0.25, -0.2) is 4.79 Å². The van der Waals surface area contributed by atoms with Crippen molar-refractivity contribution < 1.29 is 19.1 Å². The molecule has 1 aromatic heterocycles. The molecular weight excluding hydrogens is 432 g/mol. The number of nitrogens with one attached hydrogen (secondary N) is 2. The molecule has 0 aliphatic carbocycles. The van der Waals surface area contributed by atoms with Crippen LogP contribution in [0.1, 0.15) is 41.0 Å². The average Bonchev–Trinajstić information content (AvgIpc) is 2.84. The number of aromatic nitrogens is 1. The minimum absolute atomic E-state index is 0.0550. The largest absolute Gasteiger partial charge is 0.445 e. The van der Waals surface area contributed by atoms with Gasteiger partial charge in [0, 0.05) is 28.7 Å². The Balaban J connectivity index is 1.31. The molecule has 5 rings (SSSR count). The summed E-state index contributed by atoms with van der Waals surface area (Å²) >= 11 is 0. The van der Waals surface area contributed by atoms with E-state index in [1.165, 1.54) is 0 Å². The van der Waals surface area contributed by atoms with Crippen LogP contribution >= 0.6 is 0 Å². The highest BCUT2D eigenvalue weighted by molar-refractivity contribution is 6.16. The van der Waals surface area contributed by atoms with E-state index in [4.69, 9.17) is 9.72 Å². The highest BCUT2D eigenvalue weighted by Crippen LogP contribution is 2.36. The molecule has 2 aromatic carbocycles. The van der Waals surface area contributed by atoms with Crippen molar-refractivity contribution in [1.82, 2.24) is 15.2 Å². The number of anilines is 1. The van der Waals surface area contributed by atoms with E-state index in [9.17, 15) is 14.4 Å². The Kier molecular flexibility index (Phi) is 5.43. The third-order valence-corrected chi connectivity index (χ3v) is 6.35. The van der Waals surface area contributed by atoms with E-state index in [-0.39, 0.29) is 24.8 Å². The van der Waals surface area contributed by atoms with Crippen molar-refractivity contribution in [3.8, 4) is 0 Å². The zero-order valence-electron chi connectivity index (χ0n) is 19.2. The molecule has 0 saturated carbocycles. The number of carbonyl (C=O) groups is 3. The first-order chi connectivity index (χ1) is 16.3. The maximum absolute atomic E-state index is 13.3. The van der Waals surface area contributed by atoms with Crippen LogP contribution in [0.5, 0.6) is 0 Å². The summed E-state index contributed by atoms with van der Waals surface area (Å²) in [4.78, 5) is 44.5. The molecule has 2 aliphatic heterocycles. The van der Waals surface area contributed by atoms with Gasteiger partial charge in [0.05, 0.1) is 24.3 Å². The Morgan fingerprint density at radius 3 is 2.74 bits per heavy atom. The molecule has 0 unspecified atom stereocenters. The van der Waals surface area contributed by atoms with Gasteiger partial charge in [-0.3, -0.25) is 14.6 Å². The van der Waals surface area contributed by atoms with E-state index in [1.807, 2.05) is 48.5 Å². The SMILES string of the molecule is CC(C)(NC(=O)OCc1ccccc1)C(=O)N1CCc2c(nc3cccc4c3c2NCC4=O)C1. The van der Waals surface area contributed by atoms with E-state index in [1.54, 1.807) is 18.7 Å². The van der Waals surface area contributed by atoms with Crippen molar-refractivity contribution >= 4 is 34.4 Å². The number of hydrogen-bond donors (Lipinski definition) is 2. The number of hydrogen-bond acceptors (Lipinski definition) is 6. The molecular formula is C26H26N4O4. The number of Topliss-reactive ketones (excluding diaryl/α,β-unsaturated/α-hetero) is 1. The number of nitrogens with zero attached hydrogens (tertiary/aromatic N) is 2. The van der Waals surface area contributed by atoms with Crippen LogP contribution in [0.15, 0.2) is 48.5 Å². The predicted octanol–water partition coefficient (Wildman–Crippen LogP) is 3.43. The first-order valence-corrected chi connectivity index (χ1v) is 11.3. The predicted molar refractivity (Wildman–Crippen MR) is 128 cm³/mol. The van der Waals surface area contributed by atoms with Gasteiger partial charge in [-0.1, -0.05) is 42.5 Å². The fourth-order valence-corrected chi connectivity index (χ4v) is 4.64. The van der Waals surface area contributed by atoms with Crippen LogP contribution < -0.4 is 10.6 Å². The summed E-state index contributed by atoms with van der Waals surface area (Å²) in [5, 5.41) is 6.83. The molecule has 3 heterocycles. The zero-order valence-corrected chi connectivity index (χ0v) is 19.2. The normalized spacial score (nSPS) is 14.9. The van der Waals surface area contributed by atoms with E-state index in [0.29, 0.717) is 25.1 Å². The van der Waals surface area contributed by atoms with Crippen LogP contribution in [0.4, 0.5) is 10.5 Å². The second-order valence-corrected chi connectivity index (χ2v) is 9.18. The third-order valence-electron chi connectivity index (χ3n) is 6.35. The standard InChI is InChI=1S/C26H26N4O4/c1-26(2,29-25(33)34-15-16-7-4-3-5-8-16)24(32)30-12-11-17-20(14-30)28-19-10-6-9-18-21(31)13-27-23(17)22(18)19/h3-10,27H,11-15H2,1-2H3,(H,29,33). The first kappa shape index (κ1) is 21.9. The van der Waals surface area contributed by atoms with Gasteiger partial charge < -0.3 is 20.3 Å². The summed E-state index contributed by atoms with van der Waals surface area (Å²) in [6, 6.07) is 14.9. The van der Waals surface area contributed by atoms with Gasteiger partial charge in [0.15, 0.2) is 5.78 Å². The summed E-state index contributed by atoms with van der Waals surface area (Å²) in [6.45, 7) is 4.56. The molecule has 2 N–H and O–H groups in total. The van der Waals surface area contributed by atoms with Crippen molar-refractivity contribution in [3.05, 3.63) is 70.9 Å². The van der Waals surface area contributed by atoms with Crippen LogP contribution in [0.2, 0.25) is 0 Å². The highest BCUT2D eigenvalue weighted by Gasteiger charge is 2.37. The topological polar surface area (TPSA) is 101 Å². The molecule has 34 heavy (non-hydrogen) atoms. The smallest absolute Gasteiger partial charge is 0.408 e. The minimum Gasteiger partial charge on any atom is -0.445 e. The lowest BCUT2D eigenvalue weighted by Gasteiger charge is -2.36. The molecule has 0 saturated heterocycles. The second-order valence-electron chi connectivity index (χ2n) is 9.18. The summed E-state index contributed by atoms with van der Waals surface area (Å²) in [6.07, 6.45) is -0.0294. The number of pyridine rings is 1.